The third-order valence-corrected chi connectivity index (χ3v) is 2.01. The summed E-state index contributed by atoms with van der Waals surface area (Å²) in [5.74, 6) is 0.356. The van der Waals surface area contributed by atoms with Crippen LogP contribution in [0.4, 0.5) is 0 Å². The van der Waals surface area contributed by atoms with Gasteiger partial charge in [-0.05, 0) is 30.5 Å². The van der Waals surface area contributed by atoms with E-state index in [1.807, 2.05) is 12.1 Å². The molecule has 2 heteroatoms. The molecule has 0 heterocycles. The molecule has 0 amide bonds. The van der Waals surface area contributed by atoms with E-state index in [-0.39, 0.29) is 18.9 Å². The third-order valence-electron chi connectivity index (χ3n) is 2.01. The molecule has 0 aromatic heterocycles. The number of unbranched alkanes of at least 4 members (excludes halogenated alkanes) is 2. The Morgan fingerprint density at radius 1 is 1.08 bits per heavy atom. The molecule has 1 rings (SSSR count). The van der Waals surface area contributed by atoms with Gasteiger partial charge in [-0.2, -0.15) is 0 Å². The second-order valence-electron chi connectivity index (χ2n) is 3.12. The summed E-state index contributed by atoms with van der Waals surface area (Å²) in [6, 6.07) is 7.48. The van der Waals surface area contributed by atoms with Crippen molar-refractivity contribution < 1.29 is 5.11 Å². The molecule has 13 heavy (non-hydrogen) atoms. The van der Waals surface area contributed by atoms with Gasteiger partial charge in [0.15, 0.2) is 0 Å². The van der Waals surface area contributed by atoms with Crippen molar-refractivity contribution >= 4 is 18.9 Å². The molecule has 0 radical (unpaired) electrons. The van der Waals surface area contributed by atoms with Crippen molar-refractivity contribution in [1.29, 1.82) is 0 Å². The van der Waals surface area contributed by atoms with Gasteiger partial charge in [-0.3, -0.25) is 0 Å². The summed E-state index contributed by atoms with van der Waals surface area (Å²) < 4.78 is 0. The van der Waals surface area contributed by atoms with Crippen LogP contribution in [0.15, 0.2) is 24.3 Å². The van der Waals surface area contributed by atoms with E-state index in [1.165, 1.54) is 24.8 Å². The Kier molecular flexibility index (Phi) is 6.85. The topological polar surface area (TPSA) is 20.2 Å². The van der Waals surface area contributed by atoms with Crippen molar-refractivity contribution in [2.24, 2.45) is 0 Å². The summed E-state index contributed by atoms with van der Waals surface area (Å²) in [6.45, 7) is 2.21. The average Bonchev–Trinajstić information content (AvgIpc) is 2.09. The molecule has 0 atom stereocenters. The van der Waals surface area contributed by atoms with Crippen molar-refractivity contribution in [1.82, 2.24) is 0 Å². The monoisotopic (exact) mass is 172 g/mol. The molecule has 0 saturated heterocycles. The number of hydrogen-bond donors (Lipinski definition) is 1. The zero-order valence-electron chi connectivity index (χ0n) is 7.59. The number of aromatic hydroxyl groups is 1. The van der Waals surface area contributed by atoms with Crippen LogP contribution < -0.4 is 0 Å². The molecular weight excluding hydrogens is 155 g/mol. The number of benzene rings is 1. The molecule has 0 aliphatic carbocycles. The van der Waals surface area contributed by atoms with Crippen molar-refractivity contribution in [3.63, 3.8) is 0 Å². The fourth-order valence-corrected chi connectivity index (χ4v) is 1.24. The minimum absolute atomic E-state index is 0. The maximum atomic E-state index is 9.03. The van der Waals surface area contributed by atoms with Crippen LogP contribution in [-0.4, -0.2) is 24.0 Å². The second-order valence-corrected chi connectivity index (χ2v) is 3.12. The van der Waals surface area contributed by atoms with E-state index in [0.29, 0.717) is 5.75 Å². The quantitative estimate of drug-likeness (QED) is 0.546. The van der Waals surface area contributed by atoms with E-state index < -0.39 is 0 Å². The Bertz CT molecular complexity index is 218. The van der Waals surface area contributed by atoms with Crippen LogP contribution in [0.25, 0.3) is 0 Å². The molecule has 0 aliphatic heterocycles. The van der Waals surface area contributed by atoms with Crippen LogP contribution in [0.2, 0.25) is 0 Å². The first-order valence-corrected chi connectivity index (χ1v) is 4.61. The fourth-order valence-electron chi connectivity index (χ4n) is 1.24. The minimum atomic E-state index is 0. The van der Waals surface area contributed by atoms with Crippen LogP contribution in [0.3, 0.4) is 0 Å². The molecule has 68 valence electrons. The first-order valence-electron chi connectivity index (χ1n) is 4.61. The summed E-state index contributed by atoms with van der Waals surface area (Å²) >= 11 is 0. The van der Waals surface area contributed by atoms with E-state index in [0.717, 1.165) is 6.42 Å². The zero-order valence-corrected chi connectivity index (χ0v) is 7.59. The Balaban J connectivity index is 0.00000144. The van der Waals surface area contributed by atoms with Crippen molar-refractivity contribution in [3.05, 3.63) is 29.8 Å². The molecular formula is C11H17LiO. The fraction of sp³-hybridized carbons (Fsp3) is 0.455. The summed E-state index contributed by atoms with van der Waals surface area (Å²) in [7, 11) is 0. The van der Waals surface area contributed by atoms with Crippen molar-refractivity contribution in [3.8, 4) is 5.75 Å². The van der Waals surface area contributed by atoms with Gasteiger partial charge < -0.3 is 5.11 Å². The van der Waals surface area contributed by atoms with Crippen molar-refractivity contribution in [2.45, 2.75) is 32.6 Å². The number of phenols is 1. The van der Waals surface area contributed by atoms with Gasteiger partial charge in [0.1, 0.15) is 5.75 Å². The van der Waals surface area contributed by atoms with E-state index in [9.17, 15) is 0 Å². The van der Waals surface area contributed by atoms with Crippen LogP contribution in [0.1, 0.15) is 31.7 Å². The third kappa shape index (κ3) is 5.03. The van der Waals surface area contributed by atoms with E-state index in [1.54, 1.807) is 12.1 Å². The number of rotatable bonds is 4. The predicted octanol–water partition coefficient (Wildman–Crippen LogP) is 2.48. The molecule has 1 aromatic carbocycles. The van der Waals surface area contributed by atoms with Gasteiger partial charge in [0, 0.05) is 0 Å². The number of aryl methyl sites for hydroxylation is 1. The number of hydrogen-bond acceptors (Lipinski definition) is 1. The summed E-state index contributed by atoms with van der Waals surface area (Å²) in [5, 5.41) is 9.03. The average molecular weight is 172 g/mol. The summed E-state index contributed by atoms with van der Waals surface area (Å²) in [4.78, 5) is 0. The summed E-state index contributed by atoms with van der Waals surface area (Å²) in [5.41, 5.74) is 1.32. The molecule has 0 fully saturated rings. The van der Waals surface area contributed by atoms with Crippen LogP contribution in [0, 0.1) is 0 Å². The molecule has 0 saturated carbocycles. The van der Waals surface area contributed by atoms with Gasteiger partial charge in [-0.25, -0.2) is 0 Å². The van der Waals surface area contributed by atoms with Gasteiger partial charge >= 0.3 is 18.9 Å². The van der Waals surface area contributed by atoms with Gasteiger partial charge in [-0.1, -0.05) is 31.9 Å². The molecule has 0 unspecified atom stereocenters. The van der Waals surface area contributed by atoms with Gasteiger partial charge in [0.05, 0.1) is 0 Å². The van der Waals surface area contributed by atoms with Gasteiger partial charge in [0.2, 0.25) is 0 Å². The molecule has 1 N–H and O–H groups in total. The maximum absolute atomic E-state index is 9.03. The Morgan fingerprint density at radius 3 is 2.23 bits per heavy atom. The van der Waals surface area contributed by atoms with E-state index in [2.05, 4.69) is 6.92 Å². The Labute approximate surface area is 92.3 Å². The first kappa shape index (κ1) is 12.6. The molecule has 0 bridgehead atoms. The zero-order chi connectivity index (χ0) is 8.81. The SMILES string of the molecule is CCCCCc1ccc(O)cc1.[LiH]. The molecule has 0 spiro atoms. The summed E-state index contributed by atoms with van der Waals surface area (Å²) in [6.07, 6.45) is 4.94. The molecule has 1 aromatic rings. The normalized spacial score (nSPS) is 9.31. The van der Waals surface area contributed by atoms with Gasteiger partial charge in [0.25, 0.3) is 0 Å². The molecule has 0 aliphatic rings. The van der Waals surface area contributed by atoms with Crippen LogP contribution in [0.5, 0.6) is 5.75 Å². The first-order chi connectivity index (χ1) is 5.83. The predicted molar refractivity (Wildman–Crippen MR) is 58.5 cm³/mol. The molecule has 1 nitrogen and oxygen atoms in total. The van der Waals surface area contributed by atoms with Crippen LogP contribution in [-0.2, 0) is 6.42 Å². The van der Waals surface area contributed by atoms with Gasteiger partial charge in [-0.15, -0.1) is 0 Å². The Morgan fingerprint density at radius 2 is 1.69 bits per heavy atom. The standard InChI is InChI=1S/C11H16O.Li.H/c1-2-3-4-5-10-6-8-11(12)9-7-10;;/h6-9,12H,2-5H2,1H3;;. The van der Waals surface area contributed by atoms with Crippen LogP contribution >= 0.6 is 0 Å². The number of phenolic OH excluding ortho intramolecular Hbond substituents is 1. The van der Waals surface area contributed by atoms with E-state index >= 15 is 0 Å². The van der Waals surface area contributed by atoms with E-state index in [4.69, 9.17) is 5.11 Å². The second kappa shape index (κ2) is 7.06. The van der Waals surface area contributed by atoms with Crippen molar-refractivity contribution in [2.75, 3.05) is 0 Å². The Hall–Kier alpha value is -0.383.